The Morgan fingerprint density at radius 1 is 1.06 bits per heavy atom. The molecule has 1 unspecified atom stereocenters. The summed E-state index contributed by atoms with van der Waals surface area (Å²) in [6.45, 7) is 2.81. The summed E-state index contributed by atoms with van der Waals surface area (Å²) in [7, 11) is 3.34. The molecule has 3 aromatic rings. The van der Waals surface area contributed by atoms with Crippen molar-refractivity contribution in [3.63, 3.8) is 0 Å². The molecule has 2 heterocycles. The van der Waals surface area contributed by atoms with E-state index in [2.05, 4.69) is 33.4 Å². The fraction of sp³-hybridized carbons (Fsp3) is 0.308. The van der Waals surface area contributed by atoms with Gasteiger partial charge in [-0.2, -0.15) is 0 Å². The van der Waals surface area contributed by atoms with E-state index >= 15 is 0 Å². The van der Waals surface area contributed by atoms with Gasteiger partial charge in [0.2, 0.25) is 5.91 Å². The van der Waals surface area contributed by atoms with Gasteiger partial charge in [0.05, 0.1) is 20.1 Å². The average molecular weight is 432 g/mol. The molecule has 1 aliphatic heterocycles. The average Bonchev–Trinajstić information content (AvgIpc) is 3.00. The van der Waals surface area contributed by atoms with Crippen LogP contribution in [0.3, 0.4) is 0 Å². The Kier molecular flexibility index (Phi) is 7.02. The third kappa shape index (κ3) is 5.26. The first-order valence-electron chi connectivity index (χ1n) is 10.9. The van der Waals surface area contributed by atoms with Crippen LogP contribution in [-0.4, -0.2) is 49.6 Å². The van der Waals surface area contributed by atoms with Crippen molar-refractivity contribution in [2.24, 2.45) is 5.92 Å². The Bertz CT molecular complexity index is 1060. The van der Waals surface area contributed by atoms with Gasteiger partial charge in [0.15, 0.2) is 0 Å². The number of nitrogens with one attached hydrogen (secondary N) is 1. The lowest BCUT2D eigenvalue weighted by Gasteiger charge is -2.24. The smallest absolute Gasteiger partial charge is 0.224 e. The molecular weight excluding hydrogens is 402 g/mol. The molecule has 1 amide bonds. The molecule has 32 heavy (non-hydrogen) atoms. The first-order chi connectivity index (χ1) is 15.7. The number of carbonyl (C=O) groups excluding carboxylic acids is 1. The minimum atomic E-state index is -0.127. The summed E-state index contributed by atoms with van der Waals surface area (Å²) in [6.07, 6.45) is 4.32. The van der Waals surface area contributed by atoms with Gasteiger partial charge in [-0.3, -0.25) is 14.7 Å². The summed E-state index contributed by atoms with van der Waals surface area (Å²) in [5, 5.41) is 3.08. The number of methoxy groups -OCH3 is 2. The summed E-state index contributed by atoms with van der Waals surface area (Å²) in [4.78, 5) is 19.3. The van der Waals surface area contributed by atoms with Crippen molar-refractivity contribution in [2.45, 2.75) is 13.0 Å². The number of aromatic nitrogens is 1. The molecule has 1 aliphatic rings. The molecule has 0 aliphatic carbocycles. The van der Waals surface area contributed by atoms with Crippen LogP contribution in [0.25, 0.3) is 11.1 Å². The molecule has 2 aromatic carbocycles. The molecule has 1 fully saturated rings. The Labute approximate surface area is 189 Å². The third-order valence-corrected chi connectivity index (χ3v) is 5.86. The molecule has 0 bridgehead atoms. The van der Waals surface area contributed by atoms with Gasteiger partial charge in [-0.25, -0.2) is 0 Å². The van der Waals surface area contributed by atoms with Gasteiger partial charge in [0.25, 0.3) is 0 Å². The highest BCUT2D eigenvalue weighted by Crippen LogP contribution is 2.27. The Hall–Kier alpha value is -3.38. The minimum absolute atomic E-state index is 0.108. The van der Waals surface area contributed by atoms with E-state index in [0.717, 1.165) is 40.3 Å². The van der Waals surface area contributed by atoms with Crippen LogP contribution in [0.4, 0.5) is 0 Å². The lowest BCUT2D eigenvalue weighted by molar-refractivity contribution is -0.124. The third-order valence-electron chi connectivity index (χ3n) is 5.86. The second-order valence-electron chi connectivity index (χ2n) is 8.05. The van der Waals surface area contributed by atoms with Crippen molar-refractivity contribution in [1.82, 2.24) is 15.2 Å². The predicted molar refractivity (Wildman–Crippen MR) is 125 cm³/mol. The number of rotatable bonds is 7. The normalized spacial score (nSPS) is 16.8. The number of hydrogen-bond acceptors (Lipinski definition) is 5. The van der Waals surface area contributed by atoms with E-state index in [1.807, 2.05) is 42.6 Å². The van der Waals surface area contributed by atoms with E-state index in [9.17, 15) is 4.79 Å². The Balaban J connectivity index is 1.50. The van der Waals surface area contributed by atoms with Crippen LogP contribution in [0.1, 0.15) is 11.1 Å². The van der Waals surface area contributed by atoms with Crippen molar-refractivity contribution in [2.75, 3.05) is 33.9 Å². The molecule has 0 saturated carbocycles. The summed E-state index contributed by atoms with van der Waals surface area (Å²) < 4.78 is 10.9. The van der Waals surface area contributed by atoms with Gasteiger partial charge >= 0.3 is 0 Å². The van der Waals surface area contributed by atoms with Crippen LogP contribution >= 0.6 is 0 Å². The van der Waals surface area contributed by atoms with Crippen molar-refractivity contribution >= 4 is 5.91 Å². The maximum atomic E-state index is 12.8. The quantitative estimate of drug-likeness (QED) is 0.620. The summed E-state index contributed by atoms with van der Waals surface area (Å²) in [5.74, 6) is 1.61. The molecule has 1 atom stereocenters. The highest BCUT2D eigenvalue weighted by atomic mass is 16.5. The first-order valence-corrected chi connectivity index (χ1v) is 10.9. The molecule has 166 valence electrons. The zero-order valence-electron chi connectivity index (χ0n) is 18.6. The van der Waals surface area contributed by atoms with Gasteiger partial charge < -0.3 is 14.8 Å². The zero-order valence-corrected chi connectivity index (χ0v) is 18.6. The largest absolute Gasteiger partial charge is 0.497 e. The molecule has 0 spiro atoms. The number of nitrogens with zero attached hydrogens (tertiary/aromatic N) is 2. The van der Waals surface area contributed by atoms with E-state index in [1.165, 1.54) is 0 Å². The number of ether oxygens (including phenoxy) is 2. The van der Waals surface area contributed by atoms with E-state index in [4.69, 9.17) is 9.47 Å². The number of hydrogen-bond donors (Lipinski definition) is 1. The van der Waals surface area contributed by atoms with E-state index in [1.54, 1.807) is 20.4 Å². The maximum absolute atomic E-state index is 12.8. The van der Waals surface area contributed by atoms with Crippen LogP contribution in [0.2, 0.25) is 0 Å². The maximum Gasteiger partial charge on any atom is 0.224 e. The molecule has 1 aromatic heterocycles. The van der Waals surface area contributed by atoms with Crippen molar-refractivity contribution in [3.8, 4) is 22.6 Å². The molecule has 1 saturated heterocycles. The standard InChI is InChI=1S/C26H29N3O3/c1-31-24-8-9-25(32-2)22(15-24)17-29-12-11-28-26(30)23(18-29)14-19-5-3-6-20(13-19)21-7-4-10-27-16-21/h3-10,13,15-16,23H,11-12,14,17-18H2,1-2H3,(H,28,30). The molecule has 6 heteroatoms. The van der Waals surface area contributed by atoms with Crippen LogP contribution in [-0.2, 0) is 17.8 Å². The van der Waals surface area contributed by atoms with E-state index in [-0.39, 0.29) is 11.8 Å². The monoisotopic (exact) mass is 431 g/mol. The topological polar surface area (TPSA) is 63.7 Å². The molecule has 4 rings (SSSR count). The Morgan fingerprint density at radius 2 is 1.94 bits per heavy atom. The zero-order chi connectivity index (χ0) is 22.3. The molecule has 0 radical (unpaired) electrons. The highest BCUT2D eigenvalue weighted by Gasteiger charge is 2.26. The fourth-order valence-electron chi connectivity index (χ4n) is 4.21. The first kappa shape index (κ1) is 21.8. The van der Waals surface area contributed by atoms with Crippen LogP contribution in [0.15, 0.2) is 67.0 Å². The van der Waals surface area contributed by atoms with Gasteiger partial charge in [0.1, 0.15) is 11.5 Å². The second kappa shape index (κ2) is 10.3. The SMILES string of the molecule is COc1ccc(OC)c(CN2CCNC(=O)C(Cc3cccc(-c4cccnc4)c3)C2)c1. The summed E-state index contributed by atoms with van der Waals surface area (Å²) in [6, 6.07) is 18.2. The minimum Gasteiger partial charge on any atom is -0.497 e. The predicted octanol–water partition coefficient (Wildman–Crippen LogP) is 3.56. The molecule has 6 nitrogen and oxygen atoms in total. The van der Waals surface area contributed by atoms with Gasteiger partial charge in [-0.1, -0.05) is 30.3 Å². The van der Waals surface area contributed by atoms with Crippen LogP contribution < -0.4 is 14.8 Å². The number of carbonyl (C=O) groups is 1. The fourth-order valence-corrected chi connectivity index (χ4v) is 4.21. The van der Waals surface area contributed by atoms with Crippen LogP contribution in [0, 0.1) is 5.92 Å². The Morgan fingerprint density at radius 3 is 2.72 bits per heavy atom. The van der Waals surface area contributed by atoms with Crippen molar-refractivity contribution in [3.05, 3.63) is 78.1 Å². The van der Waals surface area contributed by atoms with Crippen LogP contribution in [0.5, 0.6) is 11.5 Å². The van der Waals surface area contributed by atoms with Gasteiger partial charge in [-0.05, 0) is 47.4 Å². The van der Waals surface area contributed by atoms with Gasteiger partial charge in [0, 0.05) is 44.1 Å². The highest BCUT2D eigenvalue weighted by molar-refractivity contribution is 5.79. The summed E-state index contributed by atoms with van der Waals surface area (Å²) in [5.41, 5.74) is 4.39. The van der Waals surface area contributed by atoms with E-state index < -0.39 is 0 Å². The lowest BCUT2D eigenvalue weighted by Crippen LogP contribution is -2.33. The number of amides is 1. The van der Waals surface area contributed by atoms with Crippen molar-refractivity contribution < 1.29 is 14.3 Å². The summed E-state index contributed by atoms with van der Waals surface area (Å²) >= 11 is 0. The van der Waals surface area contributed by atoms with E-state index in [0.29, 0.717) is 26.1 Å². The second-order valence-corrected chi connectivity index (χ2v) is 8.05. The number of benzene rings is 2. The molecule has 1 N–H and O–H groups in total. The van der Waals surface area contributed by atoms with Gasteiger partial charge in [-0.15, -0.1) is 0 Å². The van der Waals surface area contributed by atoms with Crippen molar-refractivity contribution in [1.29, 1.82) is 0 Å². The number of pyridine rings is 1. The molecular formula is C26H29N3O3. The lowest BCUT2D eigenvalue weighted by atomic mass is 9.95.